The van der Waals surface area contributed by atoms with E-state index in [2.05, 4.69) is 10.1 Å². The Kier molecular flexibility index (Phi) is 12.8. The van der Waals surface area contributed by atoms with E-state index in [4.69, 9.17) is 18.9 Å². The van der Waals surface area contributed by atoms with Gasteiger partial charge in [0.15, 0.2) is 0 Å². The summed E-state index contributed by atoms with van der Waals surface area (Å²) in [6.45, 7) is 19.3. The minimum absolute atomic E-state index is 0.180. The molecule has 1 aromatic rings. The summed E-state index contributed by atoms with van der Waals surface area (Å²) in [6.07, 6.45) is -2.68. The lowest BCUT2D eigenvalue weighted by molar-refractivity contribution is -0.0294. The van der Waals surface area contributed by atoms with Crippen LogP contribution in [0.2, 0.25) is 0 Å². The van der Waals surface area contributed by atoms with E-state index in [1.54, 1.807) is 62.3 Å². The van der Waals surface area contributed by atoms with Crippen LogP contribution in [0.3, 0.4) is 0 Å². The standard InChI is InChI=1S/C16H25NO4.C10H18O5/c1-11-6-7-14(12(2)8-11)20-10-13(9-18)17-15(19)21-16(3,4)5;1-9(2,3)14-7(11)13-8(12)15-10(4,5)6/h6-8,13,18H,9-10H2,1-5H3,(H,17,19);1-6H3/t13-;/m1./s1. The van der Waals surface area contributed by atoms with Crippen LogP contribution < -0.4 is 10.1 Å². The molecule has 0 fully saturated rings. The van der Waals surface area contributed by atoms with Crippen molar-refractivity contribution in [1.29, 1.82) is 0 Å². The zero-order chi connectivity index (χ0) is 28.3. The summed E-state index contributed by atoms with van der Waals surface area (Å²) in [5, 5.41) is 11.9. The lowest BCUT2D eigenvalue weighted by Gasteiger charge is -2.23. The maximum atomic E-state index is 11.7. The molecule has 0 unspecified atom stereocenters. The number of aliphatic hydroxyl groups excluding tert-OH is 1. The molecule has 0 aliphatic heterocycles. The van der Waals surface area contributed by atoms with E-state index in [0.717, 1.165) is 16.9 Å². The Morgan fingerprint density at radius 1 is 0.833 bits per heavy atom. The highest BCUT2D eigenvalue weighted by Gasteiger charge is 2.24. The van der Waals surface area contributed by atoms with Crippen LogP contribution >= 0.6 is 0 Å². The van der Waals surface area contributed by atoms with Crippen LogP contribution in [0.1, 0.15) is 73.4 Å². The summed E-state index contributed by atoms with van der Waals surface area (Å²) < 4.78 is 24.6. The first kappa shape index (κ1) is 33.0. The van der Waals surface area contributed by atoms with Gasteiger partial charge in [-0.3, -0.25) is 0 Å². The lowest BCUT2D eigenvalue weighted by Crippen LogP contribution is -2.44. The molecule has 36 heavy (non-hydrogen) atoms. The molecule has 0 radical (unpaired) electrons. The minimum atomic E-state index is -1.06. The molecule has 206 valence electrons. The zero-order valence-corrected chi connectivity index (χ0v) is 23.4. The predicted octanol–water partition coefficient (Wildman–Crippen LogP) is 5.44. The van der Waals surface area contributed by atoms with Crippen molar-refractivity contribution in [1.82, 2.24) is 5.32 Å². The van der Waals surface area contributed by atoms with Crippen molar-refractivity contribution in [2.75, 3.05) is 13.2 Å². The number of aliphatic hydroxyl groups is 1. The molecular weight excluding hydrogens is 470 g/mol. The van der Waals surface area contributed by atoms with Crippen LogP contribution in [0.25, 0.3) is 0 Å². The third-order valence-corrected chi connectivity index (χ3v) is 3.66. The molecule has 0 heterocycles. The molecule has 0 bridgehead atoms. The van der Waals surface area contributed by atoms with Gasteiger partial charge in [0.25, 0.3) is 0 Å². The zero-order valence-electron chi connectivity index (χ0n) is 23.4. The summed E-state index contributed by atoms with van der Waals surface area (Å²) in [6, 6.07) is 5.34. The molecule has 1 atom stereocenters. The molecular formula is C26H43NO9. The molecule has 0 spiro atoms. The Morgan fingerprint density at radius 2 is 1.31 bits per heavy atom. The molecule has 0 saturated heterocycles. The van der Waals surface area contributed by atoms with Gasteiger partial charge in [0.1, 0.15) is 29.2 Å². The maximum absolute atomic E-state index is 11.7. The van der Waals surface area contributed by atoms with Gasteiger partial charge >= 0.3 is 18.4 Å². The van der Waals surface area contributed by atoms with Gasteiger partial charge in [0.2, 0.25) is 0 Å². The quantitative estimate of drug-likeness (QED) is 0.300. The van der Waals surface area contributed by atoms with Gasteiger partial charge in [-0.2, -0.15) is 0 Å². The first-order valence-corrected chi connectivity index (χ1v) is 11.6. The Morgan fingerprint density at radius 3 is 1.69 bits per heavy atom. The van der Waals surface area contributed by atoms with Crippen LogP contribution in [0.5, 0.6) is 5.75 Å². The van der Waals surface area contributed by atoms with Crippen LogP contribution in [0, 0.1) is 13.8 Å². The minimum Gasteiger partial charge on any atom is -0.491 e. The largest absolute Gasteiger partial charge is 0.519 e. The van der Waals surface area contributed by atoms with Crippen molar-refractivity contribution >= 4 is 18.4 Å². The summed E-state index contributed by atoms with van der Waals surface area (Å²) >= 11 is 0. The number of ether oxygens (including phenoxy) is 5. The normalized spacial score (nSPS) is 12.3. The third-order valence-electron chi connectivity index (χ3n) is 3.66. The number of rotatable bonds is 5. The average Bonchev–Trinajstić information content (AvgIpc) is 2.61. The number of hydrogen-bond donors (Lipinski definition) is 2. The number of alkyl carbamates (subject to hydrolysis) is 1. The molecule has 0 saturated carbocycles. The second-order valence-corrected chi connectivity index (χ2v) is 11.1. The van der Waals surface area contributed by atoms with E-state index in [9.17, 15) is 19.5 Å². The summed E-state index contributed by atoms with van der Waals surface area (Å²) in [7, 11) is 0. The van der Waals surface area contributed by atoms with Gasteiger partial charge < -0.3 is 34.1 Å². The molecule has 1 aromatic carbocycles. The van der Waals surface area contributed by atoms with E-state index < -0.39 is 41.2 Å². The van der Waals surface area contributed by atoms with Crippen molar-refractivity contribution in [3.63, 3.8) is 0 Å². The summed E-state index contributed by atoms with van der Waals surface area (Å²) in [5.74, 6) is 0.741. The van der Waals surface area contributed by atoms with Gasteiger partial charge in [-0.25, -0.2) is 14.4 Å². The molecule has 2 N–H and O–H groups in total. The molecule has 0 aromatic heterocycles. The molecule has 1 rings (SSSR count). The monoisotopic (exact) mass is 513 g/mol. The highest BCUT2D eigenvalue weighted by molar-refractivity contribution is 5.77. The summed E-state index contributed by atoms with van der Waals surface area (Å²) in [4.78, 5) is 33.7. The van der Waals surface area contributed by atoms with E-state index >= 15 is 0 Å². The fraction of sp³-hybridized carbons (Fsp3) is 0.654. The van der Waals surface area contributed by atoms with Crippen LogP contribution in [-0.2, 0) is 18.9 Å². The lowest BCUT2D eigenvalue weighted by atomic mass is 10.1. The fourth-order valence-corrected chi connectivity index (χ4v) is 2.38. The predicted molar refractivity (Wildman–Crippen MR) is 135 cm³/mol. The van der Waals surface area contributed by atoms with E-state index in [1.807, 2.05) is 32.0 Å². The van der Waals surface area contributed by atoms with E-state index in [0.29, 0.717) is 0 Å². The fourth-order valence-electron chi connectivity index (χ4n) is 2.38. The number of amides is 1. The average molecular weight is 514 g/mol. The number of hydrogen-bond acceptors (Lipinski definition) is 9. The smallest absolute Gasteiger partial charge is 0.491 e. The topological polar surface area (TPSA) is 130 Å². The van der Waals surface area contributed by atoms with Gasteiger partial charge in [-0.05, 0) is 87.8 Å². The number of carbonyl (C=O) groups excluding carboxylic acids is 3. The number of carbonyl (C=O) groups is 3. The number of nitrogens with one attached hydrogen (secondary N) is 1. The van der Waals surface area contributed by atoms with Gasteiger partial charge in [-0.1, -0.05) is 17.7 Å². The maximum Gasteiger partial charge on any atom is 0.519 e. The molecule has 10 heteroatoms. The van der Waals surface area contributed by atoms with Crippen molar-refractivity contribution in [2.45, 2.75) is 99.0 Å². The number of aryl methyl sites for hydroxylation is 2. The second kappa shape index (κ2) is 13.9. The van der Waals surface area contributed by atoms with Gasteiger partial charge in [0, 0.05) is 0 Å². The first-order chi connectivity index (χ1) is 16.2. The second-order valence-electron chi connectivity index (χ2n) is 11.1. The molecule has 10 nitrogen and oxygen atoms in total. The van der Waals surface area contributed by atoms with Crippen LogP contribution in [0.4, 0.5) is 14.4 Å². The first-order valence-electron chi connectivity index (χ1n) is 11.6. The van der Waals surface area contributed by atoms with Crippen molar-refractivity contribution in [3.05, 3.63) is 29.3 Å². The Balaban J connectivity index is 0.000000723. The van der Waals surface area contributed by atoms with Crippen molar-refractivity contribution < 1.29 is 43.2 Å². The van der Waals surface area contributed by atoms with Gasteiger partial charge in [-0.15, -0.1) is 0 Å². The Labute approximate surface area is 214 Å². The van der Waals surface area contributed by atoms with E-state index in [-0.39, 0.29) is 13.2 Å². The molecule has 1 amide bonds. The number of benzene rings is 1. The van der Waals surface area contributed by atoms with Crippen molar-refractivity contribution in [2.24, 2.45) is 0 Å². The Hall–Kier alpha value is -3.01. The molecule has 0 aliphatic carbocycles. The highest BCUT2D eigenvalue weighted by atomic mass is 16.8. The van der Waals surface area contributed by atoms with Gasteiger partial charge in [0.05, 0.1) is 12.6 Å². The van der Waals surface area contributed by atoms with Crippen molar-refractivity contribution in [3.8, 4) is 5.75 Å². The highest BCUT2D eigenvalue weighted by Crippen LogP contribution is 2.19. The third kappa shape index (κ3) is 17.4. The van der Waals surface area contributed by atoms with E-state index in [1.165, 1.54) is 0 Å². The van der Waals surface area contributed by atoms with Crippen LogP contribution in [-0.4, -0.2) is 59.6 Å². The summed E-state index contributed by atoms with van der Waals surface area (Å²) in [5.41, 5.74) is 0.214. The molecule has 0 aliphatic rings. The Bertz CT molecular complexity index is 836. The SMILES string of the molecule is CC(C)(C)OC(=O)OC(=O)OC(C)(C)C.Cc1ccc(OC[C@@H](CO)NC(=O)OC(C)(C)C)c(C)c1. The van der Waals surface area contributed by atoms with Crippen LogP contribution in [0.15, 0.2) is 18.2 Å².